The van der Waals surface area contributed by atoms with Crippen LogP contribution in [0.5, 0.6) is 0 Å². The van der Waals surface area contributed by atoms with Crippen molar-refractivity contribution in [3.8, 4) is 0 Å². The van der Waals surface area contributed by atoms with E-state index in [9.17, 15) is 0 Å². The van der Waals surface area contributed by atoms with Crippen molar-refractivity contribution in [1.29, 1.82) is 5.41 Å². The molecule has 0 spiro atoms. The molecule has 0 aliphatic heterocycles. The Morgan fingerprint density at radius 1 is 1.43 bits per heavy atom. The van der Waals surface area contributed by atoms with Crippen LogP contribution in [0.3, 0.4) is 0 Å². The Bertz CT molecular complexity index is 184. The average Bonchev–Trinajstić information content (AvgIpc) is 2.10. The van der Waals surface area contributed by atoms with E-state index < -0.39 is 0 Å². The molecule has 0 aliphatic carbocycles. The van der Waals surface area contributed by atoms with Crippen molar-refractivity contribution in [3.63, 3.8) is 0 Å². The predicted molar refractivity (Wildman–Crippen MR) is 67.4 cm³/mol. The minimum Gasteiger partial charge on any atom is -0.359 e. The maximum atomic E-state index is 8.08. The monoisotopic (exact) mass is 216 g/mol. The maximum Gasteiger partial charge on any atom is 0.101 e. The van der Waals surface area contributed by atoms with Crippen molar-refractivity contribution in [2.45, 2.75) is 40.2 Å². The van der Waals surface area contributed by atoms with Gasteiger partial charge in [0.25, 0.3) is 0 Å². The fourth-order valence-electron chi connectivity index (χ4n) is 1.41. The van der Waals surface area contributed by atoms with Crippen LogP contribution >= 0.6 is 11.8 Å². The molecule has 1 atom stereocenters. The van der Waals surface area contributed by atoms with Crippen molar-refractivity contribution in [3.05, 3.63) is 0 Å². The van der Waals surface area contributed by atoms with E-state index in [-0.39, 0.29) is 5.41 Å². The molecule has 0 bridgehead atoms. The van der Waals surface area contributed by atoms with Crippen LogP contribution in [0.1, 0.15) is 34.1 Å². The number of hydrogen-bond donors (Lipinski definition) is 1. The largest absolute Gasteiger partial charge is 0.359 e. The number of amidine groups is 1. The first kappa shape index (κ1) is 13.8. The molecular formula is C11H24N2S. The van der Waals surface area contributed by atoms with E-state index in [4.69, 9.17) is 5.41 Å². The molecule has 0 aliphatic rings. The van der Waals surface area contributed by atoms with E-state index >= 15 is 0 Å². The highest BCUT2D eigenvalue weighted by Gasteiger charge is 2.24. The van der Waals surface area contributed by atoms with Crippen molar-refractivity contribution < 1.29 is 0 Å². The third-order valence-corrected chi connectivity index (χ3v) is 3.16. The lowest BCUT2D eigenvalue weighted by atomic mass is 9.93. The Labute approximate surface area is 93.0 Å². The molecule has 2 nitrogen and oxygen atoms in total. The van der Waals surface area contributed by atoms with E-state index in [1.807, 2.05) is 18.8 Å². The van der Waals surface area contributed by atoms with E-state index in [1.165, 1.54) is 0 Å². The van der Waals surface area contributed by atoms with Gasteiger partial charge in [0.05, 0.1) is 0 Å². The Morgan fingerprint density at radius 2 is 1.93 bits per heavy atom. The summed E-state index contributed by atoms with van der Waals surface area (Å²) in [6, 6.07) is 0.497. The van der Waals surface area contributed by atoms with Crippen LogP contribution in [0.4, 0.5) is 0 Å². The van der Waals surface area contributed by atoms with Gasteiger partial charge in [-0.25, -0.2) is 0 Å². The highest BCUT2D eigenvalue weighted by atomic mass is 32.2. The van der Waals surface area contributed by atoms with Crippen LogP contribution in [0.25, 0.3) is 0 Å². The number of rotatable bonds is 4. The summed E-state index contributed by atoms with van der Waals surface area (Å²) in [5.41, 5.74) is -0.0411. The normalized spacial score (nSPS) is 13.9. The van der Waals surface area contributed by atoms with Crippen molar-refractivity contribution in [2.75, 3.05) is 19.1 Å². The van der Waals surface area contributed by atoms with Crippen LogP contribution in [-0.2, 0) is 0 Å². The third-order valence-electron chi connectivity index (χ3n) is 2.44. The lowest BCUT2D eigenvalue weighted by molar-refractivity contribution is 0.343. The molecule has 3 heteroatoms. The van der Waals surface area contributed by atoms with Gasteiger partial charge < -0.3 is 4.90 Å². The van der Waals surface area contributed by atoms with Crippen LogP contribution in [-0.4, -0.2) is 35.8 Å². The molecule has 0 saturated heterocycles. The van der Waals surface area contributed by atoms with Gasteiger partial charge in [-0.1, -0.05) is 27.7 Å². The summed E-state index contributed by atoms with van der Waals surface area (Å²) in [5.74, 6) is 1.84. The number of thioether (sulfide) groups is 1. The third kappa shape index (κ3) is 3.91. The van der Waals surface area contributed by atoms with E-state index in [0.717, 1.165) is 18.0 Å². The lowest BCUT2D eigenvalue weighted by Crippen LogP contribution is -2.43. The van der Waals surface area contributed by atoms with Gasteiger partial charge >= 0.3 is 0 Å². The molecule has 0 fully saturated rings. The second-order valence-electron chi connectivity index (χ2n) is 4.73. The molecule has 0 rings (SSSR count). The Hall–Kier alpha value is -0.180. The van der Waals surface area contributed by atoms with Gasteiger partial charge in [0.1, 0.15) is 5.84 Å². The molecule has 0 aromatic carbocycles. The van der Waals surface area contributed by atoms with Crippen molar-refractivity contribution in [1.82, 2.24) is 4.90 Å². The van der Waals surface area contributed by atoms with E-state index in [2.05, 4.69) is 38.9 Å². The van der Waals surface area contributed by atoms with Gasteiger partial charge in [0, 0.05) is 24.3 Å². The number of nitrogens with one attached hydrogen (secondary N) is 1. The van der Waals surface area contributed by atoms with Crippen LogP contribution in [0.15, 0.2) is 0 Å². The Balaban J connectivity index is 4.42. The zero-order chi connectivity index (χ0) is 11.4. The Kier molecular flexibility index (Phi) is 5.57. The van der Waals surface area contributed by atoms with Gasteiger partial charge in [-0.2, -0.15) is 11.8 Å². The second-order valence-corrected chi connectivity index (χ2v) is 5.64. The first-order chi connectivity index (χ1) is 6.34. The van der Waals surface area contributed by atoms with Gasteiger partial charge in [-0.15, -0.1) is 0 Å². The Morgan fingerprint density at radius 3 is 2.21 bits per heavy atom. The summed E-state index contributed by atoms with van der Waals surface area (Å²) in [6.07, 6.45) is 3.23. The van der Waals surface area contributed by atoms with Crippen molar-refractivity contribution in [2.24, 2.45) is 5.41 Å². The van der Waals surface area contributed by atoms with Gasteiger partial charge in [-0.3, -0.25) is 5.41 Å². The molecule has 14 heavy (non-hydrogen) atoms. The van der Waals surface area contributed by atoms with Gasteiger partial charge in [-0.05, 0) is 12.7 Å². The van der Waals surface area contributed by atoms with Gasteiger partial charge in [0.15, 0.2) is 0 Å². The molecule has 0 radical (unpaired) electrons. The molecule has 0 heterocycles. The van der Waals surface area contributed by atoms with Crippen LogP contribution in [0.2, 0.25) is 0 Å². The molecule has 0 aromatic heterocycles. The van der Waals surface area contributed by atoms with E-state index in [1.54, 1.807) is 0 Å². The summed E-state index contributed by atoms with van der Waals surface area (Å²) in [4.78, 5) is 2.12. The summed E-state index contributed by atoms with van der Waals surface area (Å²) < 4.78 is 0. The molecule has 1 unspecified atom stereocenters. The predicted octanol–water partition coefficient (Wildman–Crippen LogP) is 3.08. The first-order valence-electron chi connectivity index (χ1n) is 5.15. The number of nitrogens with zero attached hydrogens (tertiary/aromatic N) is 1. The zero-order valence-electron chi connectivity index (χ0n) is 10.3. The summed E-state index contributed by atoms with van der Waals surface area (Å²) in [7, 11) is 2.04. The minimum absolute atomic E-state index is 0.0411. The quantitative estimate of drug-likeness (QED) is 0.577. The average molecular weight is 216 g/mol. The van der Waals surface area contributed by atoms with E-state index in [0.29, 0.717) is 6.04 Å². The summed E-state index contributed by atoms with van der Waals surface area (Å²) in [5, 5.41) is 8.08. The fraction of sp³-hybridized carbons (Fsp3) is 0.909. The molecular weight excluding hydrogens is 192 g/mol. The first-order valence-corrected chi connectivity index (χ1v) is 6.54. The fourth-order valence-corrected chi connectivity index (χ4v) is 2.25. The summed E-state index contributed by atoms with van der Waals surface area (Å²) in [6.45, 7) is 8.47. The molecule has 0 amide bonds. The minimum atomic E-state index is -0.0411. The second kappa shape index (κ2) is 5.64. The van der Waals surface area contributed by atoms with Gasteiger partial charge in [0.2, 0.25) is 0 Å². The summed E-state index contributed by atoms with van der Waals surface area (Å²) >= 11 is 1.85. The molecule has 1 N–H and O–H groups in total. The SMILES string of the molecule is CCC(CSC)N(C)C(=N)C(C)(C)C. The molecule has 0 saturated carbocycles. The maximum absolute atomic E-state index is 8.08. The topological polar surface area (TPSA) is 27.1 Å². The molecule has 84 valence electrons. The van der Waals surface area contributed by atoms with Crippen LogP contribution in [0, 0.1) is 10.8 Å². The smallest absolute Gasteiger partial charge is 0.101 e. The molecule has 0 aromatic rings. The standard InChI is InChI=1S/C11H24N2S/c1-7-9(8-14-6)13(5)10(12)11(2,3)4/h9,12H,7-8H2,1-6H3. The lowest BCUT2D eigenvalue weighted by Gasteiger charge is -2.35. The van der Waals surface area contributed by atoms with Crippen LogP contribution < -0.4 is 0 Å². The zero-order valence-corrected chi connectivity index (χ0v) is 11.2. The van der Waals surface area contributed by atoms with Crippen molar-refractivity contribution >= 4 is 17.6 Å². The highest BCUT2D eigenvalue weighted by molar-refractivity contribution is 7.98. The number of hydrogen-bond acceptors (Lipinski definition) is 2. The highest BCUT2D eigenvalue weighted by Crippen LogP contribution is 2.20.